The van der Waals surface area contributed by atoms with Gasteiger partial charge < -0.3 is 0 Å². The van der Waals surface area contributed by atoms with Crippen molar-refractivity contribution in [2.75, 3.05) is 0 Å². The van der Waals surface area contributed by atoms with E-state index < -0.39 is 0 Å². The first kappa shape index (κ1) is 62.0. The monoisotopic (exact) mass is 1370 g/mol. The molecule has 0 saturated heterocycles. The second-order valence-electron chi connectivity index (χ2n) is 27.6. The quantitative estimate of drug-likeness (QED) is 0.109. The topological polar surface area (TPSA) is 103 Å². The Morgan fingerprint density at radius 1 is 0.139 bits per heavy atom. The summed E-state index contributed by atoms with van der Waals surface area (Å²) in [5.74, 6) is 0. The lowest BCUT2D eigenvalue weighted by atomic mass is 9.89. The molecule has 0 radical (unpaired) electrons. The van der Waals surface area contributed by atoms with Gasteiger partial charge >= 0.3 is 0 Å². The minimum atomic E-state index is 0.899. The van der Waals surface area contributed by atoms with Crippen LogP contribution in [0.25, 0.3) is 220 Å². The smallest absolute Gasteiger partial charge is 0.0978 e. The zero-order valence-electron chi connectivity index (χ0n) is 58.2. The van der Waals surface area contributed by atoms with Crippen molar-refractivity contribution in [3.8, 4) is 89.8 Å². The van der Waals surface area contributed by atoms with E-state index in [9.17, 15) is 0 Å². The Kier molecular flexibility index (Phi) is 14.7. The van der Waals surface area contributed by atoms with Crippen LogP contribution in [0, 0.1) is 0 Å². The molecule has 22 aromatic rings. The van der Waals surface area contributed by atoms with E-state index in [2.05, 4.69) is 315 Å². The largest absolute Gasteiger partial charge is 0.245 e. The Morgan fingerprint density at radius 3 is 0.843 bits per heavy atom. The predicted molar refractivity (Wildman–Crippen MR) is 449 cm³/mol. The fourth-order valence-corrected chi connectivity index (χ4v) is 15.9. The van der Waals surface area contributed by atoms with Gasteiger partial charge in [-0.2, -0.15) is 0 Å². The van der Waals surface area contributed by atoms with E-state index in [1.165, 1.54) is 5.56 Å². The van der Waals surface area contributed by atoms with Crippen LogP contribution in [-0.2, 0) is 0 Å². The van der Waals surface area contributed by atoms with E-state index in [0.29, 0.717) is 0 Å². The molecular formula is C100H60N8. The van der Waals surface area contributed by atoms with Gasteiger partial charge in [0.05, 0.1) is 89.3 Å². The van der Waals surface area contributed by atoms with Crippen LogP contribution in [0.2, 0.25) is 0 Å². The molecule has 14 aromatic carbocycles. The molecule has 0 atom stereocenters. The molecule has 22 rings (SSSR count). The van der Waals surface area contributed by atoms with E-state index >= 15 is 0 Å². The van der Waals surface area contributed by atoms with Crippen LogP contribution in [0.1, 0.15) is 0 Å². The molecule has 0 fully saturated rings. The Labute approximate surface area is 620 Å². The maximum Gasteiger partial charge on any atom is 0.0978 e. The van der Waals surface area contributed by atoms with Gasteiger partial charge in [0.25, 0.3) is 0 Å². The van der Waals surface area contributed by atoms with E-state index in [1.54, 1.807) is 0 Å². The average molecular weight is 1370 g/mol. The fourth-order valence-electron chi connectivity index (χ4n) is 15.9. The number of benzene rings is 14. The first-order valence-electron chi connectivity index (χ1n) is 36.4. The number of fused-ring (bicyclic) bond motifs is 16. The number of pyridine rings is 8. The van der Waals surface area contributed by atoms with Crippen LogP contribution in [0.15, 0.2) is 364 Å². The summed E-state index contributed by atoms with van der Waals surface area (Å²) in [5, 5.41) is 15.4. The predicted octanol–water partition coefficient (Wildman–Crippen LogP) is 25.7. The van der Waals surface area contributed by atoms with Crippen molar-refractivity contribution in [1.82, 2.24) is 39.9 Å². The van der Waals surface area contributed by atoms with Gasteiger partial charge in [0.2, 0.25) is 0 Å². The molecule has 108 heavy (non-hydrogen) atoms. The van der Waals surface area contributed by atoms with Crippen molar-refractivity contribution in [1.29, 1.82) is 0 Å². The summed E-state index contributed by atoms with van der Waals surface area (Å²) in [6.45, 7) is 0. The molecule has 500 valence electrons. The van der Waals surface area contributed by atoms with Crippen LogP contribution in [0.3, 0.4) is 0 Å². The molecular weight excluding hydrogens is 1310 g/mol. The minimum Gasteiger partial charge on any atom is -0.245 e. The lowest BCUT2D eigenvalue weighted by molar-refractivity contribution is 1.37. The molecule has 8 aromatic heterocycles. The number of rotatable bonds is 8. The Morgan fingerprint density at radius 2 is 0.417 bits per heavy atom. The SMILES string of the molecule is c1ccc(-c2ccc3ccc4ccc(-c5ccc(-c6c7ccccc7nc7c6ccc6ccc(-c8ccccc8)nc67)c6ccccc56)nc4c3n2)cc1.c1ccc(-c2ccc3ccc4ccc(-c5ccc6cc(-c7c8ccccc8nc8c7ccc7ccc(-c9ccccc9)nc78)ccc6c5)nc4c3n2)cc1. The number of para-hydroxylation sites is 2. The van der Waals surface area contributed by atoms with Gasteiger partial charge in [-0.3, -0.25) is 0 Å². The summed E-state index contributed by atoms with van der Waals surface area (Å²) >= 11 is 0. The van der Waals surface area contributed by atoms with Crippen LogP contribution in [0.5, 0.6) is 0 Å². The Balaban J connectivity index is 0.000000138. The van der Waals surface area contributed by atoms with Gasteiger partial charge in [0.15, 0.2) is 0 Å². The second kappa shape index (κ2) is 25.7. The molecule has 0 unspecified atom stereocenters. The van der Waals surface area contributed by atoms with Gasteiger partial charge in [-0.15, -0.1) is 0 Å². The Bertz CT molecular complexity index is 7420. The van der Waals surface area contributed by atoms with Crippen LogP contribution in [-0.4, -0.2) is 39.9 Å². The third-order valence-electron chi connectivity index (χ3n) is 21.2. The van der Waals surface area contributed by atoms with Crippen LogP contribution in [0.4, 0.5) is 0 Å². The number of hydrogen-bond donors (Lipinski definition) is 0. The lowest BCUT2D eigenvalue weighted by Gasteiger charge is -2.17. The van der Waals surface area contributed by atoms with Gasteiger partial charge in [-0.25, -0.2) is 39.9 Å². The van der Waals surface area contributed by atoms with Gasteiger partial charge in [0, 0.05) is 98.4 Å². The maximum atomic E-state index is 5.35. The number of aromatic nitrogens is 8. The normalized spacial score (nSPS) is 11.7. The molecule has 8 heteroatoms. The van der Waals surface area contributed by atoms with Gasteiger partial charge in [0.1, 0.15) is 0 Å². The van der Waals surface area contributed by atoms with E-state index in [0.717, 1.165) is 215 Å². The van der Waals surface area contributed by atoms with Crippen molar-refractivity contribution in [3.63, 3.8) is 0 Å². The fraction of sp³-hybridized carbons (Fsp3) is 0. The highest BCUT2D eigenvalue weighted by molar-refractivity contribution is 6.21. The Hall–Kier alpha value is -14.6. The first-order chi connectivity index (χ1) is 53.5. The number of nitrogens with zero attached hydrogens (tertiary/aromatic N) is 8. The highest BCUT2D eigenvalue weighted by atomic mass is 14.8. The molecule has 0 spiro atoms. The van der Waals surface area contributed by atoms with Crippen molar-refractivity contribution < 1.29 is 0 Å². The van der Waals surface area contributed by atoms with Crippen molar-refractivity contribution in [2.24, 2.45) is 0 Å². The van der Waals surface area contributed by atoms with Crippen molar-refractivity contribution in [2.45, 2.75) is 0 Å². The summed E-state index contributed by atoms with van der Waals surface area (Å²) in [4.78, 5) is 41.7. The van der Waals surface area contributed by atoms with E-state index in [-0.39, 0.29) is 0 Å². The third kappa shape index (κ3) is 10.8. The summed E-state index contributed by atoms with van der Waals surface area (Å²) in [7, 11) is 0. The molecule has 0 saturated carbocycles. The molecule has 8 heterocycles. The van der Waals surface area contributed by atoms with E-state index in [4.69, 9.17) is 39.9 Å². The highest BCUT2D eigenvalue weighted by Crippen LogP contribution is 2.45. The minimum absolute atomic E-state index is 0.899. The molecule has 0 bridgehead atoms. The molecule has 0 amide bonds. The maximum absolute atomic E-state index is 5.35. The summed E-state index contributed by atoms with van der Waals surface area (Å²) < 4.78 is 0. The summed E-state index contributed by atoms with van der Waals surface area (Å²) in [6, 6.07) is 128. The zero-order valence-corrected chi connectivity index (χ0v) is 58.2. The van der Waals surface area contributed by atoms with Crippen molar-refractivity contribution >= 4 is 131 Å². The van der Waals surface area contributed by atoms with Gasteiger partial charge in [-0.1, -0.05) is 303 Å². The lowest BCUT2D eigenvalue weighted by Crippen LogP contribution is -1.95. The summed E-state index contributed by atoms with van der Waals surface area (Å²) in [6.07, 6.45) is 0. The van der Waals surface area contributed by atoms with Crippen LogP contribution >= 0.6 is 0 Å². The van der Waals surface area contributed by atoms with Crippen molar-refractivity contribution in [3.05, 3.63) is 364 Å². The zero-order chi connectivity index (χ0) is 71.2. The number of hydrogen-bond acceptors (Lipinski definition) is 8. The van der Waals surface area contributed by atoms with Gasteiger partial charge in [-0.05, 0) is 93.3 Å². The molecule has 0 aliphatic carbocycles. The molecule has 8 nitrogen and oxygen atoms in total. The molecule has 0 aliphatic rings. The third-order valence-corrected chi connectivity index (χ3v) is 21.2. The van der Waals surface area contributed by atoms with E-state index in [1.807, 2.05) is 48.5 Å². The molecule has 0 aliphatic heterocycles. The van der Waals surface area contributed by atoms with Crippen LogP contribution < -0.4 is 0 Å². The average Bonchev–Trinajstić information content (AvgIpc) is 0.735. The standard InChI is InChI=1S/2C50H30N4/c1-3-11-31(12-4-1)42-28-22-33-19-20-34-24-30-45(53-48(34)47(33)51-42)38-26-27-39(37-16-8-7-15-36(37)38)46-40-17-9-10-18-44(40)54-50-41(46)25-21-35-23-29-43(52-49(35)50)32-13-5-2-6-14-32;1-3-9-31(10-4-1)42-26-22-33-15-16-34-24-28-44(53-48(34)47(33)51-42)38-19-17-37-30-39(20-18-36(37)29-38)46-40-13-7-8-14-45(40)54-50-41(46)25-21-35-23-27-43(52-49(35)50)32-11-5-2-6-12-32/h2*1-30H. The second-order valence-corrected chi connectivity index (χ2v) is 27.6. The summed E-state index contributed by atoms with van der Waals surface area (Å²) in [5.41, 5.74) is 25.9. The molecule has 0 N–H and O–H groups in total. The highest BCUT2D eigenvalue weighted by Gasteiger charge is 2.21. The first-order valence-corrected chi connectivity index (χ1v) is 36.4.